The molecule has 2 aromatic heterocycles. The van der Waals surface area contributed by atoms with Crippen LogP contribution in [0.5, 0.6) is 11.5 Å². The van der Waals surface area contributed by atoms with Crippen LogP contribution in [0.2, 0.25) is 5.02 Å². The molecule has 4 aromatic rings. The van der Waals surface area contributed by atoms with Crippen molar-refractivity contribution in [2.75, 3.05) is 20.8 Å². The van der Waals surface area contributed by atoms with E-state index in [1.165, 1.54) is 5.56 Å². The predicted octanol–water partition coefficient (Wildman–Crippen LogP) is 6.47. The van der Waals surface area contributed by atoms with Crippen LogP contribution in [0.15, 0.2) is 67.0 Å². The van der Waals surface area contributed by atoms with Gasteiger partial charge >= 0.3 is 0 Å². The molecule has 1 saturated carbocycles. The number of ether oxygens (including phenoxy) is 2. The van der Waals surface area contributed by atoms with Crippen molar-refractivity contribution in [3.05, 3.63) is 77.6 Å². The van der Waals surface area contributed by atoms with Crippen LogP contribution in [-0.2, 0) is 17.8 Å². The Kier molecular flexibility index (Phi) is 9.51. The van der Waals surface area contributed by atoms with E-state index in [0.717, 1.165) is 55.4 Å². The van der Waals surface area contributed by atoms with Crippen LogP contribution >= 0.6 is 11.6 Å². The zero-order valence-electron chi connectivity index (χ0n) is 23.6. The number of carbonyl (C=O) groups excluding carboxylic acids is 1. The molecule has 2 heterocycles. The fourth-order valence-electron chi connectivity index (χ4n) is 5.45. The lowest BCUT2D eigenvalue weighted by Crippen LogP contribution is -2.41. The molecule has 2 aromatic carbocycles. The van der Waals surface area contributed by atoms with Gasteiger partial charge in [0.05, 0.1) is 25.8 Å². The van der Waals surface area contributed by atoms with Gasteiger partial charge in [0.15, 0.2) is 11.6 Å². The first kappa shape index (κ1) is 28.6. The Balaban J connectivity index is 1.33. The maximum Gasteiger partial charge on any atom is 0.222 e. The van der Waals surface area contributed by atoms with Crippen LogP contribution in [0.1, 0.15) is 44.1 Å². The summed E-state index contributed by atoms with van der Waals surface area (Å²) in [5.41, 5.74) is 2.92. The molecule has 0 atom stereocenters. The largest absolute Gasteiger partial charge is 0.497 e. The van der Waals surface area contributed by atoms with Crippen molar-refractivity contribution < 1.29 is 14.3 Å². The molecule has 0 aliphatic heterocycles. The molecule has 1 aliphatic carbocycles. The molecule has 0 radical (unpaired) electrons. The zero-order chi connectivity index (χ0) is 28.6. The summed E-state index contributed by atoms with van der Waals surface area (Å²) in [4.78, 5) is 24.6. The molecule has 0 bridgehead atoms. The van der Waals surface area contributed by atoms with Crippen molar-refractivity contribution in [3.8, 4) is 34.3 Å². The highest BCUT2D eigenvalue weighted by atomic mass is 35.5. The first-order valence-corrected chi connectivity index (χ1v) is 14.5. The average molecular weight is 574 g/mol. The third-order valence-electron chi connectivity index (χ3n) is 7.67. The predicted molar refractivity (Wildman–Crippen MR) is 160 cm³/mol. The van der Waals surface area contributed by atoms with E-state index in [4.69, 9.17) is 31.2 Å². The van der Waals surface area contributed by atoms with Gasteiger partial charge in [0.1, 0.15) is 11.5 Å². The number of amides is 1. The maximum absolute atomic E-state index is 13.6. The lowest BCUT2D eigenvalue weighted by molar-refractivity contribution is -0.133. The van der Waals surface area contributed by atoms with Crippen molar-refractivity contribution in [1.82, 2.24) is 24.6 Å². The van der Waals surface area contributed by atoms with E-state index >= 15 is 0 Å². The summed E-state index contributed by atoms with van der Waals surface area (Å²) in [7, 11) is 3.26. The molecule has 0 saturated heterocycles. The summed E-state index contributed by atoms with van der Waals surface area (Å²) in [5.74, 6) is 2.94. The monoisotopic (exact) mass is 573 g/mol. The molecule has 8 nitrogen and oxygen atoms in total. The average Bonchev–Trinajstić information content (AvgIpc) is 3.69. The van der Waals surface area contributed by atoms with Crippen LogP contribution in [-0.4, -0.2) is 57.4 Å². The highest BCUT2D eigenvalue weighted by Crippen LogP contribution is 2.31. The molecule has 5 rings (SSSR count). The van der Waals surface area contributed by atoms with E-state index in [-0.39, 0.29) is 11.9 Å². The molecular formula is C32H36ClN5O3. The second kappa shape index (κ2) is 13.6. The number of rotatable bonds is 12. The maximum atomic E-state index is 13.6. The lowest BCUT2D eigenvalue weighted by atomic mass is 10.1. The van der Waals surface area contributed by atoms with Gasteiger partial charge in [-0.05, 0) is 73.7 Å². The number of pyridine rings is 1. The standard InChI is InChI=1S/C32H36ClN5O3/c1-40-27-13-10-23(11-14-27)6-5-9-30(39)37(26-7-3-4-8-26)20-21-38-32(25-12-15-29(41-2)28(33)22-25)35-31(36-38)24-16-18-34-19-17-24/h10-19,22,26H,3-9,20-21H2,1-2H3. The highest BCUT2D eigenvalue weighted by Gasteiger charge is 2.27. The van der Waals surface area contributed by atoms with Gasteiger partial charge in [-0.25, -0.2) is 9.67 Å². The Morgan fingerprint density at radius 1 is 1.00 bits per heavy atom. The summed E-state index contributed by atoms with van der Waals surface area (Å²) in [6, 6.07) is 17.7. The number of halogens is 1. The van der Waals surface area contributed by atoms with Gasteiger partial charge in [-0.1, -0.05) is 36.6 Å². The first-order chi connectivity index (χ1) is 20.1. The zero-order valence-corrected chi connectivity index (χ0v) is 24.4. The molecular weight excluding hydrogens is 538 g/mol. The summed E-state index contributed by atoms with van der Waals surface area (Å²) < 4.78 is 12.5. The number of hydrogen-bond acceptors (Lipinski definition) is 6. The van der Waals surface area contributed by atoms with Crippen LogP contribution in [0.4, 0.5) is 0 Å². The number of carbonyl (C=O) groups is 1. The normalized spacial score (nSPS) is 13.3. The van der Waals surface area contributed by atoms with Crippen LogP contribution in [0, 0.1) is 0 Å². The fraction of sp³-hybridized carbons (Fsp3) is 0.375. The van der Waals surface area contributed by atoms with Gasteiger partial charge < -0.3 is 14.4 Å². The van der Waals surface area contributed by atoms with Gasteiger partial charge in [-0.2, -0.15) is 5.10 Å². The summed E-state index contributed by atoms with van der Waals surface area (Å²) in [6.45, 7) is 1.10. The highest BCUT2D eigenvalue weighted by molar-refractivity contribution is 6.32. The van der Waals surface area contributed by atoms with Crippen molar-refractivity contribution in [1.29, 1.82) is 0 Å². The number of methoxy groups -OCH3 is 2. The van der Waals surface area contributed by atoms with E-state index in [1.54, 1.807) is 26.6 Å². The van der Waals surface area contributed by atoms with Crippen LogP contribution < -0.4 is 9.47 Å². The van der Waals surface area contributed by atoms with Crippen LogP contribution in [0.25, 0.3) is 22.8 Å². The number of hydrogen-bond donors (Lipinski definition) is 0. The fourth-order valence-corrected chi connectivity index (χ4v) is 5.71. The third kappa shape index (κ3) is 7.06. The Labute approximate surface area is 246 Å². The number of aromatic nitrogens is 4. The SMILES string of the molecule is COc1ccc(CCCC(=O)N(CCn2nc(-c3ccncc3)nc2-c2ccc(OC)c(Cl)c2)C2CCCC2)cc1. The van der Waals surface area contributed by atoms with Gasteiger partial charge in [-0.3, -0.25) is 9.78 Å². The molecule has 0 unspecified atom stereocenters. The van der Waals surface area contributed by atoms with E-state index in [9.17, 15) is 4.79 Å². The Bertz CT molecular complexity index is 1440. The molecule has 1 fully saturated rings. The molecule has 0 spiro atoms. The molecule has 0 N–H and O–H groups in total. The van der Waals surface area contributed by atoms with Crippen molar-refractivity contribution in [2.45, 2.75) is 57.5 Å². The first-order valence-electron chi connectivity index (χ1n) is 14.2. The van der Waals surface area contributed by atoms with Crippen molar-refractivity contribution in [3.63, 3.8) is 0 Å². The van der Waals surface area contributed by atoms with Gasteiger partial charge in [0.25, 0.3) is 0 Å². The number of aryl methyl sites for hydroxylation is 1. The minimum absolute atomic E-state index is 0.203. The summed E-state index contributed by atoms with van der Waals surface area (Å²) in [6.07, 6.45) is 10.0. The molecule has 214 valence electrons. The van der Waals surface area contributed by atoms with Gasteiger partial charge in [0.2, 0.25) is 5.91 Å². The Morgan fingerprint density at radius 3 is 2.44 bits per heavy atom. The second-order valence-corrected chi connectivity index (χ2v) is 10.7. The minimum Gasteiger partial charge on any atom is -0.497 e. The number of benzene rings is 2. The van der Waals surface area contributed by atoms with E-state index in [0.29, 0.717) is 41.9 Å². The Hall–Kier alpha value is -3.91. The molecule has 9 heteroatoms. The molecule has 41 heavy (non-hydrogen) atoms. The van der Waals surface area contributed by atoms with E-state index in [2.05, 4.69) is 22.0 Å². The summed E-state index contributed by atoms with van der Waals surface area (Å²) >= 11 is 6.47. The third-order valence-corrected chi connectivity index (χ3v) is 7.97. The number of nitrogens with zero attached hydrogens (tertiary/aromatic N) is 5. The van der Waals surface area contributed by atoms with Gasteiger partial charge in [0, 0.05) is 42.5 Å². The topological polar surface area (TPSA) is 82.4 Å². The van der Waals surface area contributed by atoms with E-state index < -0.39 is 0 Å². The minimum atomic E-state index is 0.203. The van der Waals surface area contributed by atoms with E-state index in [1.807, 2.05) is 47.1 Å². The lowest BCUT2D eigenvalue weighted by Gasteiger charge is -2.29. The van der Waals surface area contributed by atoms with Crippen molar-refractivity contribution in [2.24, 2.45) is 0 Å². The Morgan fingerprint density at radius 2 is 1.76 bits per heavy atom. The van der Waals surface area contributed by atoms with Crippen molar-refractivity contribution >= 4 is 17.5 Å². The smallest absolute Gasteiger partial charge is 0.222 e. The van der Waals surface area contributed by atoms with Crippen LogP contribution in [0.3, 0.4) is 0 Å². The molecule has 1 amide bonds. The quantitative estimate of drug-likeness (QED) is 0.193. The second-order valence-electron chi connectivity index (χ2n) is 10.3. The molecule has 1 aliphatic rings. The van der Waals surface area contributed by atoms with Gasteiger partial charge in [-0.15, -0.1) is 0 Å². The summed E-state index contributed by atoms with van der Waals surface area (Å²) in [5, 5.41) is 5.36.